The number of Topliss-reactive ketones (excluding diaryl/α,β-unsaturated/α-hetero) is 1. The topological polar surface area (TPSA) is 84.5 Å². The van der Waals surface area contributed by atoms with Gasteiger partial charge in [0.25, 0.3) is 0 Å². The molecule has 0 radical (unpaired) electrons. The third kappa shape index (κ3) is 8.02. The van der Waals surface area contributed by atoms with Gasteiger partial charge in [0.15, 0.2) is 5.78 Å². The van der Waals surface area contributed by atoms with Crippen molar-refractivity contribution < 1.29 is 19.1 Å². The summed E-state index contributed by atoms with van der Waals surface area (Å²) in [5.41, 5.74) is 3.21. The number of anilines is 2. The quantitative estimate of drug-likeness (QED) is 0.129. The third-order valence-corrected chi connectivity index (χ3v) is 7.69. The maximum atomic E-state index is 13.3. The summed E-state index contributed by atoms with van der Waals surface area (Å²) in [6, 6.07) is 25.2. The van der Waals surface area contributed by atoms with E-state index >= 15 is 0 Å². The van der Waals surface area contributed by atoms with Crippen LogP contribution in [0.2, 0.25) is 0 Å². The summed E-state index contributed by atoms with van der Waals surface area (Å²) >= 11 is 1.76. The predicted molar refractivity (Wildman–Crippen MR) is 164 cm³/mol. The van der Waals surface area contributed by atoms with Gasteiger partial charge in [0.05, 0.1) is 6.61 Å². The number of hydrogen-bond donors (Lipinski definition) is 2. The van der Waals surface area contributed by atoms with Crippen LogP contribution in [-0.2, 0) is 14.3 Å². The minimum Gasteiger partial charge on any atom is -0.466 e. The van der Waals surface area contributed by atoms with E-state index in [4.69, 9.17) is 4.74 Å². The number of rotatable bonds is 13. The van der Waals surface area contributed by atoms with Gasteiger partial charge in [-0.1, -0.05) is 44.2 Å². The summed E-state index contributed by atoms with van der Waals surface area (Å²) in [6.45, 7) is 6.27. The van der Waals surface area contributed by atoms with E-state index < -0.39 is 6.04 Å². The first-order valence-electron chi connectivity index (χ1n) is 13.8. The van der Waals surface area contributed by atoms with Crippen LogP contribution < -0.4 is 10.6 Å². The summed E-state index contributed by atoms with van der Waals surface area (Å²) in [5, 5.41) is 7.62. The zero-order chi connectivity index (χ0) is 28.5. The lowest BCUT2D eigenvalue weighted by Crippen LogP contribution is -2.35. The van der Waals surface area contributed by atoms with E-state index in [9.17, 15) is 14.4 Å². The Morgan fingerprint density at radius 2 is 1.57 bits per heavy atom. The second-order valence-corrected chi connectivity index (χ2v) is 11.3. The molecule has 40 heavy (non-hydrogen) atoms. The first kappa shape index (κ1) is 29.0. The smallest absolute Gasteiger partial charge is 0.305 e. The molecule has 7 heteroatoms. The highest BCUT2D eigenvalue weighted by Crippen LogP contribution is 2.33. The number of fused-ring (bicyclic) bond motifs is 1. The number of carbonyl (C=O) groups excluding carboxylic acids is 3. The van der Waals surface area contributed by atoms with Gasteiger partial charge in [-0.3, -0.25) is 14.4 Å². The number of esters is 1. The van der Waals surface area contributed by atoms with E-state index in [-0.39, 0.29) is 30.5 Å². The molecule has 1 heterocycles. The van der Waals surface area contributed by atoms with Gasteiger partial charge in [-0.05, 0) is 85.2 Å². The molecule has 0 saturated carbocycles. The van der Waals surface area contributed by atoms with Gasteiger partial charge in [0.1, 0.15) is 6.04 Å². The lowest BCUT2D eigenvalue weighted by Gasteiger charge is -2.21. The van der Waals surface area contributed by atoms with Crippen LogP contribution in [0.1, 0.15) is 56.8 Å². The van der Waals surface area contributed by atoms with Gasteiger partial charge < -0.3 is 15.4 Å². The molecule has 0 unspecified atom stereocenters. The molecular weight excluding hydrogens is 520 g/mol. The zero-order valence-electron chi connectivity index (χ0n) is 23.2. The van der Waals surface area contributed by atoms with Gasteiger partial charge in [-0.15, -0.1) is 11.3 Å². The Balaban J connectivity index is 1.35. The molecule has 0 aliphatic carbocycles. The molecular formula is C33H36N2O4S. The van der Waals surface area contributed by atoms with Crippen LogP contribution in [-0.4, -0.2) is 30.3 Å². The molecule has 1 atom stereocenters. The second kappa shape index (κ2) is 13.9. The van der Waals surface area contributed by atoms with Crippen LogP contribution in [0.15, 0.2) is 78.9 Å². The lowest BCUT2D eigenvalue weighted by atomic mass is 10.0. The zero-order valence-corrected chi connectivity index (χ0v) is 24.1. The summed E-state index contributed by atoms with van der Waals surface area (Å²) in [4.78, 5) is 38.4. The van der Waals surface area contributed by atoms with Gasteiger partial charge >= 0.3 is 5.97 Å². The first-order chi connectivity index (χ1) is 19.3. The van der Waals surface area contributed by atoms with Crippen LogP contribution >= 0.6 is 11.3 Å². The fraction of sp³-hybridized carbons (Fsp3) is 0.303. The normalized spacial score (nSPS) is 11.8. The number of nitrogens with one attached hydrogen (secondary N) is 2. The molecule has 0 bridgehead atoms. The highest BCUT2D eigenvalue weighted by Gasteiger charge is 2.20. The number of benzene rings is 3. The Kier molecular flexibility index (Phi) is 10.1. The van der Waals surface area contributed by atoms with E-state index in [1.807, 2.05) is 48.5 Å². The molecule has 4 aromatic rings. The number of hydrogen-bond acceptors (Lipinski definition) is 6. The number of carbonyl (C=O) groups is 3. The minimum absolute atomic E-state index is 0.0218. The summed E-state index contributed by atoms with van der Waals surface area (Å²) in [5.74, 6) is -0.107. The molecule has 2 N–H and O–H groups in total. The van der Waals surface area contributed by atoms with E-state index in [0.29, 0.717) is 30.9 Å². The molecule has 0 saturated heterocycles. The van der Waals surface area contributed by atoms with E-state index in [1.165, 1.54) is 15.0 Å². The minimum atomic E-state index is -0.437. The molecule has 1 amide bonds. The van der Waals surface area contributed by atoms with E-state index in [2.05, 4.69) is 42.7 Å². The number of ether oxygens (including phenoxy) is 1. The van der Waals surface area contributed by atoms with Gasteiger partial charge in [0, 0.05) is 39.4 Å². The fourth-order valence-electron chi connectivity index (χ4n) is 4.50. The average Bonchev–Trinajstić information content (AvgIpc) is 3.38. The molecule has 208 valence electrons. The highest BCUT2D eigenvalue weighted by molar-refractivity contribution is 7.22. The van der Waals surface area contributed by atoms with E-state index in [1.54, 1.807) is 30.4 Å². The van der Waals surface area contributed by atoms with Crippen molar-refractivity contribution in [1.82, 2.24) is 0 Å². The Morgan fingerprint density at radius 3 is 2.25 bits per heavy atom. The molecule has 0 spiro atoms. The first-order valence-corrected chi connectivity index (χ1v) is 14.6. The maximum absolute atomic E-state index is 13.3. The largest absolute Gasteiger partial charge is 0.466 e. The molecule has 0 aliphatic rings. The van der Waals surface area contributed by atoms with Crippen LogP contribution in [0.25, 0.3) is 20.5 Å². The summed E-state index contributed by atoms with van der Waals surface area (Å²) in [7, 11) is 0. The van der Waals surface area contributed by atoms with Crippen molar-refractivity contribution in [2.75, 3.05) is 17.2 Å². The number of thiophene rings is 1. The Labute approximate surface area is 239 Å². The van der Waals surface area contributed by atoms with Crippen molar-refractivity contribution in [2.45, 2.75) is 52.5 Å². The van der Waals surface area contributed by atoms with Gasteiger partial charge in [0.2, 0.25) is 5.91 Å². The Morgan fingerprint density at radius 1 is 0.875 bits per heavy atom. The summed E-state index contributed by atoms with van der Waals surface area (Å²) in [6.07, 6.45) is 1.63. The van der Waals surface area contributed by atoms with Crippen molar-refractivity contribution in [2.24, 2.45) is 5.92 Å². The van der Waals surface area contributed by atoms with Crippen molar-refractivity contribution in [3.63, 3.8) is 0 Å². The lowest BCUT2D eigenvalue weighted by molar-refractivity contribution is -0.143. The fourth-order valence-corrected chi connectivity index (χ4v) is 5.57. The van der Waals surface area contributed by atoms with Crippen LogP contribution in [0.5, 0.6) is 0 Å². The number of amides is 1. The third-order valence-electron chi connectivity index (χ3n) is 6.52. The molecule has 1 aromatic heterocycles. The predicted octanol–water partition coefficient (Wildman–Crippen LogP) is 7.95. The standard InChI is InChI=1S/C33H36N2O4S/c1-4-39-32(37)11-7-9-29(36)23-12-16-26(17-13-23)34-28(20-22(2)3)33(38)35-27-18-14-24(15-19-27)31-21-25-8-5-6-10-30(25)40-31/h5-6,8,10,12-19,21-22,28,34H,4,7,9,11,20H2,1-3H3,(H,35,38)/t28-/m0/s1. The number of ketones is 1. The molecule has 3 aromatic carbocycles. The molecule has 6 nitrogen and oxygen atoms in total. The summed E-state index contributed by atoms with van der Waals surface area (Å²) < 4.78 is 6.16. The van der Waals surface area contributed by atoms with Crippen molar-refractivity contribution in [3.05, 3.63) is 84.4 Å². The van der Waals surface area contributed by atoms with Crippen LogP contribution in [0.3, 0.4) is 0 Å². The monoisotopic (exact) mass is 556 g/mol. The highest BCUT2D eigenvalue weighted by atomic mass is 32.1. The second-order valence-electron chi connectivity index (χ2n) is 10.2. The molecule has 4 rings (SSSR count). The van der Waals surface area contributed by atoms with Crippen LogP contribution in [0, 0.1) is 5.92 Å². The van der Waals surface area contributed by atoms with E-state index in [0.717, 1.165) is 16.9 Å². The Hall–Kier alpha value is -3.97. The average molecular weight is 557 g/mol. The SMILES string of the molecule is CCOC(=O)CCCC(=O)c1ccc(N[C@@H](CC(C)C)C(=O)Nc2ccc(-c3cc4ccccc4s3)cc2)cc1. The molecule has 0 aliphatic heterocycles. The van der Waals surface area contributed by atoms with Crippen molar-refractivity contribution >= 4 is 50.5 Å². The van der Waals surface area contributed by atoms with Gasteiger partial charge in [-0.25, -0.2) is 0 Å². The van der Waals surface area contributed by atoms with Crippen LogP contribution in [0.4, 0.5) is 11.4 Å². The van der Waals surface area contributed by atoms with Crippen molar-refractivity contribution in [3.8, 4) is 10.4 Å². The molecule has 0 fully saturated rings. The maximum Gasteiger partial charge on any atom is 0.305 e. The Bertz CT molecular complexity index is 1410. The van der Waals surface area contributed by atoms with Gasteiger partial charge in [-0.2, -0.15) is 0 Å². The van der Waals surface area contributed by atoms with Crippen molar-refractivity contribution in [1.29, 1.82) is 0 Å².